The first-order chi connectivity index (χ1) is 12.1. The van der Waals surface area contributed by atoms with Gasteiger partial charge in [-0.15, -0.1) is 0 Å². The largest absolute Gasteiger partial charge is 0.507 e. The van der Waals surface area contributed by atoms with Gasteiger partial charge in [0.1, 0.15) is 5.75 Å². The van der Waals surface area contributed by atoms with Crippen LogP contribution in [0.1, 0.15) is 17.2 Å². The summed E-state index contributed by atoms with van der Waals surface area (Å²) < 4.78 is 16.3. The summed E-state index contributed by atoms with van der Waals surface area (Å²) in [5, 5.41) is 11.7. The van der Waals surface area contributed by atoms with E-state index in [-0.39, 0.29) is 18.6 Å². The highest BCUT2D eigenvalue weighted by Gasteiger charge is 2.30. The van der Waals surface area contributed by atoms with Crippen LogP contribution in [0, 0.1) is 0 Å². The third-order valence-corrected chi connectivity index (χ3v) is 5.05. The molecule has 2 aromatic carbocycles. The zero-order chi connectivity index (χ0) is 17.4. The predicted molar refractivity (Wildman–Crippen MR) is 94.9 cm³/mol. The molecule has 4 rings (SSSR count). The molecule has 1 atom stereocenters. The van der Waals surface area contributed by atoms with E-state index in [4.69, 9.17) is 37.4 Å². The van der Waals surface area contributed by atoms with Gasteiger partial charge in [-0.3, -0.25) is 4.90 Å². The lowest BCUT2D eigenvalue weighted by Crippen LogP contribution is -2.39. The Morgan fingerprint density at radius 2 is 1.68 bits per heavy atom. The molecular formula is C18H17Cl2NO4. The zero-order valence-corrected chi connectivity index (χ0v) is 14.9. The molecule has 2 aliphatic rings. The van der Waals surface area contributed by atoms with E-state index in [2.05, 4.69) is 4.90 Å². The van der Waals surface area contributed by atoms with Crippen LogP contribution in [0.25, 0.3) is 0 Å². The van der Waals surface area contributed by atoms with Crippen LogP contribution >= 0.6 is 23.2 Å². The molecule has 1 fully saturated rings. The van der Waals surface area contributed by atoms with Gasteiger partial charge in [-0.1, -0.05) is 29.3 Å². The van der Waals surface area contributed by atoms with Crippen LogP contribution in [0.4, 0.5) is 0 Å². The summed E-state index contributed by atoms with van der Waals surface area (Å²) in [5.41, 5.74) is 1.59. The van der Waals surface area contributed by atoms with Gasteiger partial charge in [0.05, 0.1) is 19.3 Å². The maximum atomic E-state index is 10.6. The van der Waals surface area contributed by atoms with E-state index in [0.717, 1.165) is 24.2 Å². The fourth-order valence-corrected chi connectivity index (χ4v) is 3.80. The van der Waals surface area contributed by atoms with Gasteiger partial charge in [0.25, 0.3) is 0 Å². The smallest absolute Gasteiger partial charge is 0.231 e. The quantitative estimate of drug-likeness (QED) is 0.874. The summed E-state index contributed by atoms with van der Waals surface area (Å²) in [7, 11) is 0. The number of ether oxygens (including phenoxy) is 3. The van der Waals surface area contributed by atoms with Crippen molar-refractivity contribution in [3.8, 4) is 17.2 Å². The number of benzene rings is 2. The van der Waals surface area contributed by atoms with Crippen molar-refractivity contribution in [1.29, 1.82) is 0 Å². The van der Waals surface area contributed by atoms with Gasteiger partial charge in [0, 0.05) is 34.8 Å². The molecular weight excluding hydrogens is 365 g/mol. The van der Waals surface area contributed by atoms with Gasteiger partial charge in [-0.25, -0.2) is 0 Å². The third-order valence-electron chi connectivity index (χ3n) is 4.48. The number of nitrogens with zero attached hydrogens (tertiary/aromatic N) is 1. The fraction of sp³-hybridized carbons (Fsp3) is 0.333. The van der Waals surface area contributed by atoms with Crippen LogP contribution in [-0.2, 0) is 4.74 Å². The van der Waals surface area contributed by atoms with Gasteiger partial charge in [-0.05, 0) is 23.8 Å². The minimum absolute atomic E-state index is 0.145. The van der Waals surface area contributed by atoms with Crippen LogP contribution in [0.5, 0.6) is 17.2 Å². The lowest BCUT2D eigenvalue weighted by atomic mass is 9.95. The predicted octanol–water partition coefficient (Wildman–Crippen LogP) is 3.85. The Morgan fingerprint density at radius 1 is 0.960 bits per heavy atom. The van der Waals surface area contributed by atoms with Gasteiger partial charge in [0.2, 0.25) is 6.79 Å². The fourth-order valence-electron chi connectivity index (χ4n) is 3.29. The molecule has 2 aliphatic heterocycles. The normalized spacial score (nSPS) is 18.3. The summed E-state index contributed by atoms with van der Waals surface area (Å²) in [4.78, 5) is 2.23. The molecule has 0 aromatic heterocycles. The Hall–Kier alpha value is -1.66. The molecule has 2 heterocycles. The minimum Gasteiger partial charge on any atom is -0.507 e. The second-order valence-corrected chi connectivity index (χ2v) is 6.82. The maximum Gasteiger partial charge on any atom is 0.231 e. The van der Waals surface area contributed by atoms with E-state index in [1.54, 1.807) is 18.2 Å². The first-order valence-electron chi connectivity index (χ1n) is 8.03. The van der Waals surface area contributed by atoms with Crippen molar-refractivity contribution in [2.24, 2.45) is 0 Å². The standard InChI is InChI=1S/C18H17Cl2NO4/c19-11-1-2-12(14(20)7-11)18(21-3-5-23-6-4-21)13-8-16-17(9-15(13)22)25-10-24-16/h1-2,7-9,18,22H,3-6,10H2. The summed E-state index contributed by atoms with van der Waals surface area (Å²) in [6.07, 6.45) is 0. The molecule has 25 heavy (non-hydrogen) atoms. The number of phenolic OH excluding ortho intramolecular Hbond substituents is 1. The molecule has 0 amide bonds. The molecule has 0 bridgehead atoms. The van der Waals surface area contributed by atoms with Crippen molar-refractivity contribution in [2.45, 2.75) is 6.04 Å². The number of phenols is 1. The summed E-state index contributed by atoms with van der Waals surface area (Å²) in [6, 6.07) is 8.60. The number of halogens is 2. The molecule has 0 aliphatic carbocycles. The van der Waals surface area contributed by atoms with Crippen LogP contribution in [-0.4, -0.2) is 43.1 Å². The third kappa shape index (κ3) is 3.25. The van der Waals surface area contributed by atoms with Gasteiger partial charge >= 0.3 is 0 Å². The highest BCUT2D eigenvalue weighted by Crippen LogP contribution is 2.44. The van der Waals surface area contributed by atoms with Crippen molar-refractivity contribution in [1.82, 2.24) is 4.90 Å². The van der Waals surface area contributed by atoms with E-state index >= 15 is 0 Å². The Morgan fingerprint density at radius 3 is 2.40 bits per heavy atom. The highest BCUT2D eigenvalue weighted by atomic mass is 35.5. The molecule has 5 nitrogen and oxygen atoms in total. The van der Waals surface area contributed by atoms with Gasteiger partial charge in [0.15, 0.2) is 11.5 Å². The lowest BCUT2D eigenvalue weighted by Gasteiger charge is -2.35. The van der Waals surface area contributed by atoms with E-state index < -0.39 is 0 Å². The van der Waals surface area contributed by atoms with Crippen molar-refractivity contribution in [2.75, 3.05) is 33.1 Å². The van der Waals surface area contributed by atoms with Crippen LogP contribution in [0.2, 0.25) is 10.0 Å². The average Bonchev–Trinajstić information content (AvgIpc) is 3.05. The maximum absolute atomic E-state index is 10.6. The molecule has 0 radical (unpaired) electrons. The number of aromatic hydroxyl groups is 1. The molecule has 2 aromatic rings. The Labute approximate surface area is 155 Å². The first kappa shape index (κ1) is 16.8. The van der Waals surface area contributed by atoms with E-state index in [1.165, 1.54) is 0 Å². The van der Waals surface area contributed by atoms with Crippen LogP contribution in [0.3, 0.4) is 0 Å². The molecule has 0 saturated carbocycles. The highest BCUT2D eigenvalue weighted by molar-refractivity contribution is 6.35. The Bertz CT molecular complexity index is 793. The van der Waals surface area contributed by atoms with E-state index in [9.17, 15) is 5.11 Å². The summed E-state index contributed by atoms with van der Waals surface area (Å²) in [5.74, 6) is 1.31. The first-order valence-corrected chi connectivity index (χ1v) is 8.78. The van der Waals surface area contributed by atoms with E-state index in [1.807, 2.05) is 12.1 Å². The molecule has 7 heteroatoms. The lowest BCUT2D eigenvalue weighted by molar-refractivity contribution is 0.0235. The Balaban J connectivity index is 1.83. The monoisotopic (exact) mass is 381 g/mol. The minimum atomic E-state index is -0.233. The average molecular weight is 382 g/mol. The van der Waals surface area contributed by atoms with Crippen LogP contribution < -0.4 is 9.47 Å². The van der Waals surface area contributed by atoms with Crippen molar-refractivity contribution in [3.05, 3.63) is 51.5 Å². The number of hydrogen-bond acceptors (Lipinski definition) is 5. The zero-order valence-electron chi connectivity index (χ0n) is 13.4. The molecule has 0 spiro atoms. The second kappa shape index (κ2) is 6.92. The van der Waals surface area contributed by atoms with Gasteiger partial charge in [-0.2, -0.15) is 0 Å². The SMILES string of the molecule is Oc1cc2c(cc1C(c1ccc(Cl)cc1Cl)N1CCOCC1)OCO2. The van der Waals surface area contributed by atoms with Crippen LogP contribution in [0.15, 0.2) is 30.3 Å². The number of rotatable bonds is 3. The van der Waals surface area contributed by atoms with Crippen molar-refractivity contribution in [3.63, 3.8) is 0 Å². The van der Waals surface area contributed by atoms with Crippen molar-refractivity contribution >= 4 is 23.2 Å². The number of hydrogen-bond donors (Lipinski definition) is 1. The molecule has 1 N–H and O–H groups in total. The van der Waals surface area contributed by atoms with E-state index in [0.29, 0.717) is 34.8 Å². The second-order valence-electron chi connectivity index (χ2n) is 5.98. The molecule has 132 valence electrons. The topological polar surface area (TPSA) is 51.2 Å². The molecule has 1 unspecified atom stereocenters. The summed E-state index contributed by atoms with van der Waals surface area (Å²) >= 11 is 12.5. The van der Waals surface area contributed by atoms with Crippen molar-refractivity contribution < 1.29 is 19.3 Å². The number of morpholine rings is 1. The summed E-state index contributed by atoms with van der Waals surface area (Å²) in [6.45, 7) is 2.89. The Kier molecular flexibility index (Phi) is 4.65. The molecule has 1 saturated heterocycles. The van der Waals surface area contributed by atoms with Gasteiger partial charge < -0.3 is 19.3 Å². The number of fused-ring (bicyclic) bond motifs is 1.